The minimum absolute atomic E-state index is 0.00665. The molecule has 0 aliphatic carbocycles. The van der Waals surface area contributed by atoms with E-state index in [0.29, 0.717) is 23.0 Å². The number of carbonyl (C=O) groups excluding carboxylic acids is 1. The summed E-state index contributed by atoms with van der Waals surface area (Å²) in [6.07, 6.45) is 7.96. The molecule has 0 aliphatic heterocycles. The highest BCUT2D eigenvalue weighted by Gasteiger charge is 2.15. The number of fused-ring (bicyclic) bond motifs is 1. The van der Waals surface area contributed by atoms with Crippen LogP contribution in [0.3, 0.4) is 0 Å². The first-order valence-corrected chi connectivity index (χ1v) is 11.1. The highest BCUT2D eigenvalue weighted by molar-refractivity contribution is 5.91. The zero-order chi connectivity index (χ0) is 23.1. The van der Waals surface area contributed by atoms with E-state index in [1.54, 1.807) is 6.20 Å². The van der Waals surface area contributed by atoms with Gasteiger partial charge in [0.1, 0.15) is 11.5 Å². The molecule has 1 atom stereocenters. The summed E-state index contributed by atoms with van der Waals surface area (Å²) in [7, 11) is 0. The van der Waals surface area contributed by atoms with Gasteiger partial charge in [-0.25, -0.2) is 23.7 Å². The summed E-state index contributed by atoms with van der Waals surface area (Å²) in [5.41, 5.74) is 1.07. The second-order valence-corrected chi connectivity index (χ2v) is 7.85. The quantitative estimate of drug-likeness (QED) is 0.410. The molecule has 3 aromatic rings. The average Bonchev–Trinajstić information content (AvgIpc) is 3.19. The number of pyridine rings is 1. The maximum atomic E-state index is 14.3. The summed E-state index contributed by atoms with van der Waals surface area (Å²) in [4.78, 5) is 29.2. The van der Waals surface area contributed by atoms with Crippen LogP contribution in [0.4, 0.5) is 14.6 Å². The van der Waals surface area contributed by atoms with Gasteiger partial charge in [-0.15, -0.1) is 0 Å². The van der Waals surface area contributed by atoms with Crippen molar-refractivity contribution >= 4 is 22.8 Å². The smallest absolute Gasteiger partial charge is 0.222 e. The molecule has 3 aromatic heterocycles. The molecule has 1 amide bonds. The number of amides is 1. The number of hydrogen-bond donors (Lipinski definition) is 2. The Hall–Kier alpha value is -3.10. The number of anilines is 1. The van der Waals surface area contributed by atoms with Crippen LogP contribution >= 0.6 is 0 Å². The van der Waals surface area contributed by atoms with Crippen molar-refractivity contribution in [2.24, 2.45) is 0 Å². The molecular weight excluding hydrogens is 414 g/mol. The van der Waals surface area contributed by atoms with Crippen LogP contribution in [0.15, 0.2) is 24.7 Å². The monoisotopic (exact) mass is 444 g/mol. The predicted octanol–water partition coefficient (Wildman–Crippen LogP) is 4.92. The van der Waals surface area contributed by atoms with Crippen LogP contribution in [0.1, 0.15) is 52.9 Å². The number of unbranched alkanes of at least 4 members (excludes halogenated alkanes) is 2. The summed E-state index contributed by atoms with van der Waals surface area (Å²) in [6, 6.07) is 1.34. The highest BCUT2D eigenvalue weighted by atomic mass is 19.1. The van der Waals surface area contributed by atoms with Crippen LogP contribution in [0.2, 0.25) is 0 Å². The molecule has 3 heterocycles. The van der Waals surface area contributed by atoms with Crippen LogP contribution < -0.4 is 5.32 Å². The molecular formula is C23H30F2N6O. The first-order valence-electron chi connectivity index (χ1n) is 11.1. The number of aromatic nitrogens is 4. The number of rotatable bonds is 11. The Bertz CT molecular complexity index is 1050. The molecule has 0 bridgehead atoms. The first kappa shape index (κ1) is 23.6. The number of halogens is 2. The van der Waals surface area contributed by atoms with Crippen LogP contribution in [0.5, 0.6) is 0 Å². The fourth-order valence-electron chi connectivity index (χ4n) is 3.70. The van der Waals surface area contributed by atoms with E-state index in [0.717, 1.165) is 51.2 Å². The average molecular weight is 445 g/mol. The van der Waals surface area contributed by atoms with Crippen molar-refractivity contribution < 1.29 is 13.6 Å². The van der Waals surface area contributed by atoms with Gasteiger partial charge in [0.25, 0.3) is 0 Å². The Balaban J connectivity index is 1.56. The minimum atomic E-state index is -0.547. The summed E-state index contributed by atoms with van der Waals surface area (Å²) >= 11 is 0. The molecule has 7 nitrogen and oxygen atoms in total. The number of nitrogens with one attached hydrogen (secondary N) is 2. The van der Waals surface area contributed by atoms with Gasteiger partial charge >= 0.3 is 0 Å². The van der Waals surface area contributed by atoms with E-state index in [1.165, 1.54) is 6.07 Å². The lowest BCUT2D eigenvalue weighted by atomic mass is 10.1. The Morgan fingerprint density at radius 3 is 2.69 bits per heavy atom. The largest absolute Gasteiger partial charge is 0.365 e. The molecule has 0 unspecified atom stereocenters. The zero-order valence-electron chi connectivity index (χ0n) is 18.8. The van der Waals surface area contributed by atoms with E-state index in [2.05, 4.69) is 25.3 Å². The maximum Gasteiger partial charge on any atom is 0.222 e. The second kappa shape index (κ2) is 11.0. The zero-order valence-corrected chi connectivity index (χ0v) is 18.8. The third-order valence-corrected chi connectivity index (χ3v) is 5.51. The maximum absolute atomic E-state index is 14.3. The van der Waals surface area contributed by atoms with Gasteiger partial charge in [-0.1, -0.05) is 12.8 Å². The van der Waals surface area contributed by atoms with Gasteiger partial charge in [-0.05, 0) is 39.7 Å². The van der Waals surface area contributed by atoms with Gasteiger partial charge < -0.3 is 15.2 Å². The summed E-state index contributed by atoms with van der Waals surface area (Å²) < 4.78 is 27.9. The van der Waals surface area contributed by atoms with Gasteiger partial charge in [-0.3, -0.25) is 4.79 Å². The lowest BCUT2D eigenvalue weighted by molar-refractivity contribution is -0.130. The third kappa shape index (κ3) is 5.77. The van der Waals surface area contributed by atoms with Crippen LogP contribution in [0, 0.1) is 11.6 Å². The van der Waals surface area contributed by atoms with Gasteiger partial charge in [0, 0.05) is 42.7 Å². The molecule has 2 N–H and O–H groups in total. The van der Waals surface area contributed by atoms with Crippen molar-refractivity contribution in [3.63, 3.8) is 0 Å². The molecule has 172 valence electrons. The van der Waals surface area contributed by atoms with Gasteiger partial charge in [0.05, 0.1) is 12.4 Å². The number of H-pyrrole nitrogens is 1. The Morgan fingerprint density at radius 2 is 1.94 bits per heavy atom. The molecule has 0 aromatic carbocycles. The predicted molar refractivity (Wildman–Crippen MR) is 121 cm³/mol. The highest BCUT2D eigenvalue weighted by Crippen LogP contribution is 2.27. The molecule has 32 heavy (non-hydrogen) atoms. The van der Waals surface area contributed by atoms with Gasteiger partial charge in [0.15, 0.2) is 17.5 Å². The minimum Gasteiger partial charge on any atom is -0.365 e. The van der Waals surface area contributed by atoms with Gasteiger partial charge in [0.2, 0.25) is 5.91 Å². The number of nitrogens with zero attached hydrogens (tertiary/aromatic N) is 4. The van der Waals surface area contributed by atoms with Crippen molar-refractivity contribution in [2.75, 3.05) is 18.4 Å². The SMILES string of the molecule is CCN(CC)C(=O)CCCCC[C@@H](C)Nc1nc(-c2c[nH]c3ncc(F)cc23)ncc1F. The Morgan fingerprint density at radius 1 is 1.16 bits per heavy atom. The molecule has 9 heteroatoms. The number of hydrogen-bond acceptors (Lipinski definition) is 5. The van der Waals surface area contributed by atoms with Crippen molar-refractivity contribution in [3.05, 3.63) is 36.3 Å². The topological polar surface area (TPSA) is 86.8 Å². The molecule has 3 rings (SSSR count). The molecule has 0 fully saturated rings. The standard InChI is InChI=1S/C23H30F2N6O/c1-4-31(5-2)20(32)10-8-6-7-9-15(3)29-23-19(25)14-28-22(30-23)18-13-27-21-17(18)11-16(24)12-26-21/h11-15H,4-10H2,1-3H3,(H,26,27)(H,28,29,30)/t15-/m1/s1. The van der Waals surface area contributed by atoms with E-state index in [9.17, 15) is 13.6 Å². The second-order valence-electron chi connectivity index (χ2n) is 7.85. The fraction of sp³-hybridized carbons (Fsp3) is 0.478. The third-order valence-electron chi connectivity index (χ3n) is 5.51. The molecule has 0 aliphatic rings. The fourth-order valence-corrected chi connectivity index (χ4v) is 3.70. The molecule has 0 saturated carbocycles. The van der Waals surface area contributed by atoms with Crippen LogP contribution in [-0.4, -0.2) is 49.9 Å². The van der Waals surface area contributed by atoms with Gasteiger partial charge in [-0.2, -0.15) is 0 Å². The van der Waals surface area contributed by atoms with E-state index in [4.69, 9.17) is 0 Å². The first-order chi connectivity index (χ1) is 15.4. The molecule has 0 radical (unpaired) electrons. The normalized spacial score (nSPS) is 12.2. The van der Waals surface area contributed by atoms with Crippen molar-refractivity contribution in [1.29, 1.82) is 0 Å². The Kier molecular flexibility index (Phi) is 8.08. The van der Waals surface area contributed by atoms with E-state index < -0.39 is 11.6 Å². The summed E-state index contributed by atoms with van der Waals surface area (Å²) in [5, 5.41) is 3.64. The van der Waals surface area contributed by atoms with Crippen molar-refractivity contribution in [2.45, 2.75) is 58.9 Å². The van der Waals surface area contributed by atoms with E-state index in [1.807, 2.05) is 25.7 Å². The van der Waals surface area contributed by atoms with Crippen LogP contribution in [-0.2, 0) is 4.79 Å². The summed E-state index contributed by atoms with van der Waals surface area (Å²) in [5.74, 6) is -0.419. The molecule has 0 spiro atoms. The number of carbonyl (C=O) groups is 1. The van der Waals surface area contributed by atoms with E-state index in [-0.39, 0.29) is 23.6 Å². The van der Waals surface area contributed by atoms with Crippen LogP contribution in [0.25, 0.3) is 22.4 Å². The van der Waals surface area contributed by atoms with E-state index >= 15 is 0 Å². The van der Waals surface area contributed by atoms with Crippen molar-refractivity contribution in [1.82, 2.24) is 24.8 Å². The lowest BCUT2D eigenvalue weighted by Crippen LogP contribution is -2.30. The molecule has 0 saturated heterocycles. The Labute approximate surface area is 186 Å². The lowest BCUT2D eigenvalue weighted by Gasteiger charge is -2.18. The van der Waals surface area contributed by atoms with Crippen molar-refractivity contribution in [3.8, 4) is 11.4 Å². The number of aromatic amines is 1. The summed E-state index contributed by atoms with van der Waals surface area (Å²) in [6.45, 7) is 7.42.